The Morgan fingerprint density at radius 1 is 1.00 bits per heavy atom. The minimum Gasteiger partial charge on any atom is -0.494 e. The molecule has 0 radical (unpaired) electrons. The summed E-state index contributed by atoms with van der Waals surface area (Å²) >= 11 is 0. The average molecular weight is 360 g/mol. The quantitative estimate of drug-likeness (QED) is 0.586. The van der Waals surface area contributed by atoms with Crippen molar-refractivity contribution < 1.29 is 9.13 Å². The van der Waals surface area contributed by atoms with Crippen molar-refractivity contribution >= 4 is 16.7 Å². The summed E-state index contributed by atoms with van der Waals surface area (Å²) in [4.78, 5) is 12.9. The average Bonchev–Trinajstić information content (AvgIpc) is 2.68. The zero-order valence-electron chi connectivity index (χ0n) is 14.9. The molecule has 0 fully saturated rings. The van der Waals surface area contributed by atoms with E-state index >= 15 is 0 Å². The Morgan fingerprint density at radius 3 is 2.67 bits per heavy atom. The minimum absolute atomic E-state index is 0.184. The number of benzene rings is 2. The van der Waals surface area contributed by atoms with Crippen LogP contribution in [0.25, 0.3) is 33.3 Å². The fourth-order valence-corrected chi connectivity index (χ4v) is 3.16. The summed E-state index contributed by atoms with van der Waals surface area (Å²) in [5, 5.41) is 0.776. The van der Waals surface area contributed by atoms with Crippen molar-refractivity contribution in [2.45, 2.75) is 6.92 Å². The van der Waals surface area contributed by atoms with Gasteiger partial charge in [-0.15, -0.1) is 0 Å². The first kappa shape index (κ1) is 16.9. The Balaban J connectivity index is 1.94. The molecule has 0 atom stereocenters. The highest BCUT2D eigenvalue weighted by atomic mass is 19.1. The van der Waals surface area contributed by atoms with Crippen LogP contribution in [0.15, 0.2) is 55.0 Å². The Hall–Kier alpha value is -3.54. The van der Waals surface area contributed by atoms with Crippen molar-refractivity contribution in [3.8, 4) is 28.1 Å². The molecule has 0 amide bonds. The van der Waals surface area contributed by atoms with Gasteiger partial charge in [0, 0.05) is 22.7 Å². The van der Waals surface area contributed by atoms with Crippen LogP contribution in [-0.2, 0) is 0 Å². The number of rotatable bonds is 3. The second-order valence-corrected chi connectivity index (χ2v) is 6.19. The van der Waals surface area contributed by atoms with Gasteiger partial charge in [0.25, 0.3) is 0 Å². The number of aromatic nitrogens is 3. The SMILES string of the molecule is COc1cc(-c2ncccc2-c2ccc3ncnc(N)c3c2)c(C)cc1F. The van der Waals surface area contributed by atoms with Crippen LogP contribution in [0.3, 0.4) is 0 Å². The number of halogens is 1. The molecular weight excluding hydrogens is 343 g/mol. The van der Waals surface area contributed by atoms with Gasteiger partial charge >= 0.3 is 0 Å². The lowest BCUT2D eigenvalue weighted by Crippen LogP contribution is -1.96. The van der Waals surface area contributed by atoms with Gasteiger partial charge in [0.05, 0.1) is 18.3 Å². The largest absolute Gasteiger partial charge is 0.494 e. The van der Waals surface area contributed by atoms with Crippen LogP contribution in [0.5, 0.6) is 5.75 Å². The molecule has 134 valence electrons. The van der Waals surface area contributed by atoms with Crippen LogP contribution in [0, 0.1) is 12.7 Å². The lowest BCUT2D eigenvalue weighted by Gasteiger charge is -2.14. The highest BCUT2D eigenvalue weighted by molar-refractivity contribution is 5.93. The van der Waals surface area contributed by atoms with E-state index in [4.69, 9.17) is 10.5 Å². The molecule has 2 aromatic carbocycles. The number of aryl methyl sites for hydroxylation is 1. The summed E-state index contributed by atoms with van der Waals surface area (Å²) in [7, 11) is 1.45. The van der Waals surface area contributed by atoms with E-state index in [9.17, 15) is 4.39 Å². The molecule has 2 heterocycles. The fraction of sp³-hybridized carbons (Fsp3) is 0.0952. The van der Waals surface area contributed by atoms with Crippen LogP contribution in [0.4, 0.5) is 10.2 Å². The molecule has 6 heteroatoms. The van der Waals surface area contributed by atoms with E-state index in [1.165, 1.54) is 19.5 Å². The molecule has 0 aliphatic heterocycles. The molecule has 0 saturated heterocycles. The summed E-state index contributed by atoms with van der Waals surface area (Å²) < 4.78 is 19.2. The van der Waals surface area contributed by atoms with Crippen molar-refractivity contribution in [3.63, 3.8) is 0 Å². The number of fused-ring (bicyclic) bond motifs is 1. The normalized spacial score (nSPS) is 10.9. The summed E-state index contributed by atoms with van der Waals surface area (Å²) in [5.41, 5.74) is 10.9. The predicted molar refractivity (Wildman–Crippen MR) is 104 cm³/mol. The summed E-state index contributed by atoms with van der Waals surface area (Å²) in [6, 6.07) is 12.8. The third-order valence-electron chi connectivity index (χ3n) is 4.54. The van der Waals surface area contributed by atoms with E-state index in [0.717, 1.165) is 38.9 Å². The lowest BCUT2D eigenvalue weighted by atomic mass is 9.95. The van der Waals surface area contributed by atoms with E-state index in [0.29, 0.717) is 5.82 Å². The Kier molecular flexibility index (Phi) is 4.16. The van der Waals surface area contributed by atoms with E-state index < -0.39 is 5.82 Å². The molecule has 5 nitrogen and oxygen atoms in total. The number of hydrogen-bond donors (Lipinski definition) is 1. The van der Waals surface area contributed by atoms with Gasteiger partial charge in [-0.2, -0.15) is 0 Å². The van der Waals surface area contributed by atoms with Crippen molar-refractivity contribution in [3.05, 3.63) is 66.4 Å². The maximum absolute atomic E-state index is 14.0. The smallest absolute Gasteiger partial charge is 0.165 e. The number of anilines is 1. The molecule has 0 aliphatic rings. The standard InChI is InChI=1S/C21H17FN4O/c1-12-8-17(22)19(27-2)10-15(12)20-14(4-3-7-24-20)13-5-6-18-16(9-13)21(23)26-11-25-18/h3-11H,1-2H3,(H2,23,25,26). The first-order valence-electron chi connectivity index (χ1n) is 8.38. The van der Waals surface area contributed by atoms with Crippen molar-refractivity contribution in [2.75, 3.05) is 12.8 Å². The second kappa shape index (κ2) is 6.64. The minimum atomic E-state index is -0.396. The number of pyridine rings is 1. The van der Waals surface area contributed by atoms with Crippen molar-refractivity contribution in [1.82, 2.24) is 15.0 Å². The van der Waals surface area contributed by atoms with Crippen LogP contribution < -0.4 is 10.5 Å². The highest BCUT2D eigenvalue weighted by Crippen LogP contribution is 2.36. The topological polar surface area (TPSA) is 73.9 Å². The van der Waals surface area contributed by atoms with Crippen LogP contribution in [-0.4, -0.2) is 22.1 Å². The molecule has 0 bridgehead atoms. The predicted octanol–water partition coefficient (Wildman–Crippen LogP) is 4.40. The number of nitrogen functional groups attached to an aromatic ring is 1. The number of nitrogens with two attached hydrogens (primary N) is 1. The molecule has 0 spiro atoms. The van der Waals surface area contributed by atoms with Crippen molar-refractivity contribution in [2.24, 2.45) is 0 Å². The van der Waals surface area contributed by atoms with Crippen molar-refractivity contribution in [1.29, 1.82) is 0 Å². The monoisotopic (exact) mass is 360 g/mol. The third-order valence-corrected chi connectivity index (χ3v) is 4.54. The van der Waals surface area contributed by atoms with Gasteiger partial charge in [-0.05, 0) is 48.4 Å². The number of methoxy groups -OCH3 is 1. The molecule has 0 saturated carbocycles. The van der Waals surface area contributed by atoms with Gasteiger partial charge in [-0.3, -0.25) is 4.98 Å². The summed E-state index contributed by atoms with van der Waals surface area (Å²) in [6.45, 7) is 1.85. The molecule has 0 unspecified atom stereocenters. The highest BCUT2D eigenvalue weighted by Gasteiger charge is 2.15. The van der Waals surface area contributed by atoms with E-state index in [1.807, 2.05) is 37.3 Å². The van der Waals surface area contributed by atoms with E-state index in [1.54, 1.807) is 12.3 Å². The van der Waals surface area contributed by atoms with Gasteiger partial charge in [0.2, 0.25) is 0 Å². The second-order valence-electron chi connectivity index (χ2n) is 6.19. The fourth-order valence-electron chi connectivity index (χ4n) is 3.16. The molecule has 2 aromatic heterocycles. The van der Waals surface area contributed by atoms with Gasteiger partial charge < -0.3 is 10.5 Å². The Bertz CT molecular complexity index is 1160. The molecular formula is C21H17FN4O. The number of ether oxygens (including phenoxy) is 1. The third kappa shape index (κ3) is 2.95. The molecule has 4 rings (SSSR count). The number of nitrogens with zero attached hydrogens (tertiary/aromatic N) is 3. The maximum atomic E-state index is 14.0. The summed E-state index contributed by atoms with van der Waals surface area (Å²) in [5.74, 6) is 0.210. The number of hydrogen-bond acceptors (Lipinski definition) is 5. The lowest BCUT2D eigenvalue weighted by molar-refractivity contribution is 0.386. The van der Waals surface area contributed by atoms with Gasteiger partial charge in [0.15, 0.2) is 11.6 Å². The Morgan fingerprint density at radius 2 is 1.85 bits per heavy atom. The molecule has 4 aromatic rings. The van der Waals surface area contributed by atoms with E-state index in [-0.39, 0.29) is 5.75 Å². The first-order valence-corrected chi connectivity index (χ1v) is 8.38. The zero-order chi connectivity index (χ0) is 19.0. The van der Waals surface area contributed by atoms with E-state index in [2.05, 4.69) is 15.0 Å². The summed E-state index contributed by atoms with van der Waals surface area (Å²) in [6.07, 6.45) is 3.16. The Labute approximate surface area is 155 Å². The maximum Gasteiger partial charge on any atom is 0.165 e. The van der Waals surface area contributed by atoms with Crippen LogP contribution in [0.1, 0.15) is 5.56 Å². The van der Waals surface area contributed by atoms with Crippen LogP contribution >= 0.6 is 0 Å². The molecule has 27 heavy (non-hydrogen) atoms. The molecule has 0 aliphatic carbocycles. The van der Waals surface area contributed by atoms with Gasteiger partial charge in [-0.25, -0.2) is 14.4 Å². The van der Waals surface area contributed by atoms with Gasteiger partial charge in [0.1, 0.15) is 12.1 Å². The molecule has 2 N–H and O–H groups in total. The zero-order valence-corrected chi connectivity index (χ0v) is 14.9. The first-order chi connectivity index (χ1) is 13.1. The van der Waals surface area contributed by atoms with Crippen LogP contribution in [0.2, 0.25) is 0 Å². The van der Waals surface area contributed by atoms with Gasteiger partial charge in [-0.1, -0.05) is 12.1 Å².